The Morgan fingerprint density at radius 1 is 0.875 bits per heavy atom. The van der Waals surface area contributed by atoms with Gasteiger partial charge in [-0.25, -0.2) is 4.79 Å². The minimum absolute atomic E-state index is 0.202. The lowest BCUT2D eigenvalue weighted by Crippen LogP contribution is -2.19. The Kier molecular flexibility index (Phi) is 5.59. The molecule has 8 heteroatoms. The second-order valence-corrected chi connectivity index (χ2v) is 8.31. The summed E-state index contributed by atoms with van der Waals surface area (Å²) in [5.74, 6) is 0.776. The number of anilines is 3. The molecule has 0 saturated heterocycles. The van der Waals surface area contributed by atoms with Crippen LogP contribution in [-0.2, 0) is 5.41 Å². The van der Waals surface area contributed by atoms with Crippen LogP contribution in [0, 0.1) is 0 Å². The Bertz CT molecular complexity index is 1270. The lowest BCUT2D eigenvalue weighted by atomic mass is 9.93. The van der Waals surface area contributed by atoms with Crippen molar-refractivity contribution >= 4 is 40.0 Å². The fourth-order valence-electron chi connectivity index (χ4n) is 3.10. The van der Waals surface area contributed by atoms with E-state index in [1.807, 2.05) is 45.0 Å². The van der Waals surface area contributed by atoms with Crippen molar-refractivity contribution in [2.24, 2.45) is 0 Å². The molecule has 0 unspecified atom stereocenters. The maximum Gasteiger partial charge on any atom is 0.324 e. The number of hydrogen-bond acceptors (Lipinski definition) is 5. The molecule has 3 amide bonds. The highest BCUT2D eigenvalue weighted by Gasteiger charge is 2.20. The summed E-state index contributed by atoms with van der Waals surface area (Å²) in [4.78, 5) is 29.2. The predicted molar refractivity (Wildman–Crippen MR) is 124 cm³/mol. The molecule has 8 nitrogen and oxygen atoms in total. The lowest BCUT2D eigenvalue weighted by molar-refractivity contribution is 0.102. The zero-order valence-corrected chi connectivity index (χ0v) is 18.0. The Balaban J connectivity index is 1.38. The second-order valence-electron chi connectivity index (χ2n) is 8.31. The van der Waals surface area contributed by atoms with Crippen molar-refractivity contribution in [3.63, 3.8) is 0 Å². The average Bonchev–Trinajstić information content (AvgIpc) is 3.23. The number of fused-ring (bicyclic) bond motifs is 1. The predicted octanol–water partition coefficient (Wildman–Crippen LogP) is 5.42. The molecule has 0 aliphatic heterocycles. The second kappa shape index (κ2) is 8.50. The highest BCUT2D eigenvalue weighted by molar-refractivity contribution is 6.12. The molecule has 0 fully saturated rings. The van der Waals surface area contributed by atoms with Gasteiger partial charge in [-0.15, -0.1) is 0 Å². The van der Waals surface area contributed by atoms with Gasteiger partial charge < -0.3 is 15.2 Å². The smallest absolute Gasteiger partial charge is 0.324 e. The average molecular weight is 429 g/mol. The van der Waals surface area contributed by atoms with E-state index in [-0.39, 0.29) is 11.3 Å². The summed E-state index contributed by atoms with van der Waals surface area (Å²) in [6.45, 7) is 5.98. The van der Waals surface area contributed by atoms with Crippen molar-refractivity contribution in [2.45, 2.75) is 26.2 Å². The van der Waals surface area contributed by atoms with Crippen molar-refractivity contribution in [1.29, 1.82) is 0 Å². The van der Waals surface area contributed by atoms with Gasteiger partial charge in [-0.1, -0.05) is 44.1 Å². The molecule has 0 spiro atoms. The number of nitrogens with one attached hydrogen (secondary N) is 3. The Morgan fingerprint density at radius 2 is 1.56 bits per heavy atom. The van der Waals surface area contributed by atoms with Crippen LogP contribution in [0.4, 0.5) is 22.0 Å². The van der Waals surface area contributed by atoms with Crippen LogP contribution in [0.15, 0.2) is 71.4 Å². The van der Waals surface area contributed by atoms with Gasteiger partial charge in [0.1, 0.15) is 5.76 Å². The van der Waals surface area contributed by atoms with Crippen molar-refractivity contribution in [3.8, 4) is 0 Å². The largest absolute Gasteiger partial charge is 0.359 e. The van der Waals surface area contributed by atoms with Crippen molar-refractivity contribution < 1.29 is 14.1 Å². The number of aromatic nitrogens is 2. The van der Waals surface area contributed by atoms with Crippen LogP contribution in [0.5, 0.6) is 0 Å². The van der Waals surface area contributed by atoms with Crippen LogP contribution in [0.25, 0.3) is 10.9 Å². The van der Waals surface area contributed by atoms with E-state index in [9.17, 15) is 9.59 Å². The molecular formula is C24H23N5O3. The SMILES string of the molecule is CC(C)(C)c1cc(NC(=O)Nc2ccc(NC(=O)c3ccnc4ccccc34)cc2)no1. The molecule has 4 aromatic rings. The summed E-state index contributed by atoms with van der Waals surface area (Å²) in [5, 5.41) is 12.9. The van der Waals surface area contributed by atoms with Gasteiger partial charge in [-0.3, -0.25) is 15.1 Å². The molecular weight excluding hydrogens is 406 g/mol. The van der Waals surface area contributed by atoms with Gasteiger partial charge in [-0.2, -0.15) is 0 Å². The van der Waals surface area contributed by atoms with Crippen LogP contribution < -0.4 is 16.0 Å². The van der Waals surface area contributed by atoms with Crippen molar-refractivity contribution in [2.75, 3.05) is 16.0 Å². The molecule has 32 heavy (non-hydrogen) atoms. The van der Waals surface area contributed by atoms with Gasteiger partial charge in [0.2, 0.25) is 0 Å². The number of nitrogens with zero attached hydrogens (tertiary/aromatic N) is 2. The molecule has 4 rings (SSSR count). The monoisotopic (exact) mass is 429 g/mol. The zero-order chi connectivity index (χ0) is 22.7. The number of pyridine rings is 1. The molecule has 0 atom stereocenters. The first-order chi connectivity index (χ1) is 15.3. The summed E-state index contributed by atoms with van der Waals surface area (Å²) in [6.07, 6.45) is 1.61. The molecule has 2 heterocycles. The molecule has 2 aromatic heterocycles. The number of urea groups is 1. The van der Waals surface area contributed by atoms with Gasteiger partial charge in [0, 0.05) is 34.4 Å². The number of para-hydroxylation sites is 1. The third-order valence-corrected chi connectivity index (χ3v) is 4.79. The quantitative estimate of drug-likeness (QED) is 0.401. The van der Waals surface area contributed by atoms with Crippen molar-refractivity contribution in [3.05, 3.63) is 78.2 Å². The summed E-state index contributed by atoms with van der Waals surface area (Å²) < 4.78 is 5.26. The number of benzene rings is 2. The van der Waals surface area contributed by atoms with Crippen LogP contribution in [0.1, 0.15) is 36.9 Å². The molecule has 0 aliphatic rings. The number of carbonyl (C=O) groups excluding carboxylic acids is 2. The maximum absolute atomic E-state index is 12.7. The summed E-state index contributed by atoms with van der Waals surface area (Å²) >= 11 is 0. The lowest BCUT2D eigenvalue weighted by Gasteiger charge is -2.12. The first-order valence-corrected chi connectivity index (χ1v) is 10.1. The van der Waals surface area contributed by atoms with E-state index >= 15 is 0 Å². The van der Waals surface area contributed by atoms with E-state index in [1.54, 1.807) is 42.6 Å². The van der Waals surface area contributed by atoms with Crippen LogP contribution >= 0.6 is 0 Å². The van der Waals surface area contributed by atoms with Crippen LogP contribution in [0.3, 0.4) is 0 Å². The first-order valence-electron chi connectivity index (χ1n) is 10.1. The Labute approximate surface area is 185 Å². The molecule has 0 saturated carbocycles. The van der Waals surface area contributed by atoms with Gasteiger partial charge >= 0.3 is 6.03 Å². The fraction of sp³-hybridized carbons (Fsp3) is 0.167. The van der Waals surface area contributed by atoms with Gasteiger partial charge in [0.25, 0.3) is 5.91 Å². The fourth-order valence-corrected chi connectivity index (χ4v) is 3.10. The van der Waals surface area contributed by atoms with Crippen LogP contribution in [0.2, 0.25) is 0 Å². The van der Waals surface area contributed by atoms with E-state index in [2.05, 4.69) is 26.1 Å². The third kappa shape index (κ3) is 4.75. The van der Waals surface area contributed by atoms with E-state index < -0.39 is 6.03 Å². The first kappa shape index (κ1) is 21.0. The molecule has 162 valence electrons. The van der Waals surface area contributed by atoms with E-state index in [0.717, 1.165) is 10.9 Å². The molecule has 0 aliphatic carbocycles. The highest BCUT2D eigenvalue weighted by atomic mass is 16.5. The maximum atomic E-state index is 12.7. The van der Waals surface area contributed by atoms with Gasteiger partial charge in [-0.05, 0) is 36.4 Å². The number of rotatable bonds is 4. The zero-order valence-electron chi connectivity index (χ0n) is 18.0. The summed E-state index contributed by atoms with van der Waals surface area (Å²) in [6, 6.07) is 17.2. The van der Waals surface area contributed by atoms with Gasteiger partial charge in [0.15, 0.2) is 5.82 Å². The topological polar surface area (TPSA) is 109 Å². The highest BCUT2D eigenvalue weighted by Crippen LogP contribution is 2.24. The summed E-state index contributed by atoms with van der Waals surface area (Å²) in [7, 11) is 0. The van der Waals surface area contributed by atoms with Crippen molar-refractivity contribution in [1.82, 2.24) is 10.1 Å². The minimum atomic E-state index is -0.446. The minimum Gasteiger partial charge on any atom is -0.359 e. The molecule has 0 radical (unpaired) electrons. The molecule has 2 aromatic carbocycles. The van der Waals surface area contributed by atoms with Crippen LogP contribution in [-0.4, -0.2) is 22.1 Å². The Hall–Kier alpha value is -4.20. The number of hydrogen-bond donors (Lipinski definition) is 3. The van der Waals surface area contributed by atoms with E-state index in [1.165, 1.54) is 0 Å². The Morgan fingerprint density at radius 3 is 2.25 bits per heavy atom. The molecule has 0 bridgehead atoms. The number of amides is 3. The summed E-state index contributed by atoms with van der Waals surface area (Å²) in [5.41, 5.74) is 2.26. The third-order valence-electron chi connectivity index (χ3n) is 4.79. The molecule has 3 N–H and O–H groups in total. The standard InChI is InChI=1S/C24H23N5O3/c1-24(2,3)20-14-21(29-32-20)28-23(31)27-16-10-8-15(9-11-16)26-22(30)18-12-13-25-19-7-5-4-6-17(18)19/h4-14H,1-3H3,(H,26,30)(H2,27,28,29,31). The van der Waals surface area contributed by atoms with E-state index in [0.29, 0.717) is 28.5 Å². The normalized spacial score (nSPS) is 11.2. The van der Waals surface area contributed by atoms with E-state index in [4.69, 9.17) is 4.52 Å². The number of carbonyl (C=O) groups is 2. The van der Waals surface area contributed by atoms with Gasteiger partial charge in [0.05, 0.1) is 11.1 Å².